The van der Waals surface area contributed by atoms with Crippen LogP contribution in [0.15, 0.2) is 18.2 Å². The zero-order chi connectivity index (χ0) is 21.2. The number of aryl methyl sites for hydroxylation is 1. The van der Waals surface area contributed by atoms with Crippen LogP contribution >= 0.6 is 0 Å². The van der Waals surface area contributed by atoms with Gasteiger partial charge in [0.1, 0.15) is 11.9 Å². The van der Waals surface area contributed by atoms with E-state index in [4.69, 9.17) is 24.5 Å². The Hall–Kier alpha value is -2.20. The molecule has 1 saturated heterocycles. The fourth-order valence-electron chi connectivity index (χ4n) is 3.52. The molecule has 2 aliphatic rings. The van der Waals surface area contributed by atoms with Crippen molar-refractivity contribution >= 4 is 12.4 Å². The molecule has 9 heteroatoms. The highest BCUT2D eigenvalue weighted by Gasteiger charge is 2.34. The second-order valence-corrected chi connectivity index (χ2v) is 7.13. The Morgan fingerprint density at radius 1 is 1.38 bits per heavy atom. The topological polar surface area (TPSA) is 129 Å². The van der Waals surface area contributed by atoms with E-state index < -0.39 is 6.10 Å². The molecule has 2 heterocycles. The number of aliphatic hydroxyl groups is 2. The lowest BCUT2D eigenvalue weighted by atomic mass is 9.98. The number of fused-ring (bicyclic) bond motifs is 1. The summed E-state index contributed by atoms with van der Waals surface area (Å²) in [6, 6.07) is 5.13. The van der Waals surface area contributed by atoms with Gasteiger partial charge in [0.25, 0.3) is 12.4 Å². The number of carboxylic acid groups (broad SMARTS) is 1. The number of nitrogens with zero attached hydrogens (tertiary/aromatic N) is 1. The number of benzene rings is 1. The lowest BCUT2D eigenvalue weighted by molar-refractivity contribution is -0.122. The average molecular weight is 410 g/mol. The van der Waals surface area contributed by atoms with Gasteiger partial charge in [0.05, 0.1) is 25.4 Å². The van der Waals surface area contributed by atoms with E-state index in [1.54, 1.807) is 6.07 Å². The molecule has 3 rings (SSSR count). The van der Waals surface area contributed by atoms with Gasteiger partial charge < -0.3 is 35.0 Å². The average Bonchev–Trinajstić information content (AvgIpc) is 2.71. The van der Waals surface area contributed by atoms with Gasteiger partial charge in [-0.1, -0.05) is 0 Å². The number of rotatable bonds is 6. The van der Waals surface area contributed by atoms with Crippen LogP contribution in [-0.4, -0.2) is 90.8 Å². The largest absolute Gasteiger partial charge is 0.493 e. The van der Waals surface area contributed by atoms with Crippen LogP contribution in [0, 0.1) is 0 Å². The zero-order valence-electron chi connectivity index (χ0n) is 16.6. The van der Waals surface area contributed by atoms with Crippen LogP contribution in [0.25, 0.3) is 0 Å². The quantitative estimate of drug-likeness (QED) is 0.478. The minimum Gasteiger partial charge on any atom is -0.493 e. The molecule has 162 valence electrons. The van der Waals surface area contributed by atoms with Crippen LogP contribution in [0.4, 0.5) is 0 Å². The van der Waals surface area contributed by atoms with Crippen molar-refractivity contribution in [2.45, 2.75) is 37.5 Å². The first kappa shape index (κ1) is 23.1. The van der Waals surface area contributed by atoms with E-state index in [0.29, 0.717) is 31.7 Å². The number of nitrogens with one attached hydrogen (secondary N) is 1. The first-order valence-electron chi connectivity index (χ1n) is 9.73. The SMILES string of the molecule is CN(CCO)C[C@H]1OCC[C@H](NC(=O)c2ccc3c(c2)CCCO3)[C@@H]1O.O=CO. The van der Waals surface area contributed by atoms with Gasteiger partial charge in [-0.2, -0.15) is 0 Å². The van der Waals surface area contributed by atoms with Gasteiger partial charge in [0.2, 0.25) is 0 Å². The fraction of sp³-hybridized carbons (Fsp3) is 0.600. The van der Waals surface area contributed by atoms with Crippen molar-refractivity contribution in [2.24, 2.45) is 0 Å². The molecule has 9 nitrogen and oxygen atoms in total. The Bertz CT molecular complexity index is 670. The molecule has 0 bridgehead atoms. The van der Waals surface area contributed by atoms with Crippen molar-refractivity contribution in [3.05, 3.63) is 29.3 Å². The number of carbonyl (C=O) groups excluding carboxylic acids is 1. The smallest absolute Gasteiger partial charge is 0.290 e. The molecule has 1 aromatic rings. The highest BCUT2D eigenvalue weighted by Crippen LogP contribution is 2.26. The summed E-state index contributed by atoms with van der Waals surface area (Å²) < 4.78 is 11.2. The first-order chi connectivity index (χ1) is 14.0. The van der Waals surface area contributed by atoms with Crippen molar-refractivity contribution in [3.8, 4) is 5.75 Å². The second-order valence-electron chi connectivity index (χ2n) is 7.13. The monoisotopic (exact) mass is 410 g/mol. The van der Waals surface area contributed by atoms with E-state index in [9.17, 15) is 9.90 Å². The van der Waals surface area contributed by atoms with Gasteiger partial charge >= 0.3 is 0 Å². The van der Waals surface area contributed by atoms with Crippen LogP contribution in [0.5, 0.6) is 5.75 Å². The molecule has 2 aliphatic heterocycles. The molecular weight excluding hydrogens is 380 g/mol. The van der Waals surface area contributed by atoms with Gasteiger partial charge in [-0.25, -0.2) is 0 Å². The number of hydrogen-bond acceptors (Lipinski definition) is 7. The molecule has 0 radical (unpaired) electrons. The second kappa shape index (κ2) is 11.7. The van der Waals surface area contributed by atoms with Crippen molar-refractivity contribution in [1.29, 1.82) is 0 Å². The van der Waals surface area contributed by atoms with Crippen LogP contribution in [0.1, 0.15) is 28.8 Å². The normalized spacial score (nSPS) is 23.2. The number of likely N-dealkylation sites (N-methyl/N-ethyl adjacent to an activating group) is 1. The third kappa shape index (κ3) is 6.67. The predicted octanol–water partition coefficient (Wildman–Crippen LogP) is -0.115. The number of ether oxygens (including phenoxy) is 2. The lowest BCUT2D eigenvalue weighted by Crippen LogP contribution is -2.56. The van der Waals surface area contributed by atoms with E-state index in [2.05, 4.69) is 5.32 Å². The molecule has 0 spiro atoms. The van der Waals surface area contributed by atoms with E-state index in [1.807, 2.05) is 24.1 Å². The summed E-state index contributed by atoms with van der Waals surface area (Å²) in [4.78, 5) is 22.9. The van der Waals surface area contributed by atoms with Crippen LogP contribution in [0.2, 0.25) is 0 Å². The Balaban J connectivity index is 0.000000941. The van der Waals surface area contributed by atoms with Crippen molar-refractivity contribution in [2.75, 3.05) is 40.0 Å². The summed E-state index contributed by atoms with van der Waals surface area (Å²) in [7, 11) is 1.86. The van der Waals surface area contributed by atoms with Crippen molar-refractivity contribution < 1.29 is 34.4 Å². The summed E-state index contributed by atoms with van der Waals surface area (Å²) in [5.74, 6) is 0.665. The van der Waals surface area contributed by atoms with Gasteiger partial charge in [-0.15, -0.1) is 0 Å². The molecule has 1 amide bonds. The molecule has 0 saturated carbocycles. The molecule has 3 atom stereocenters. The number of carbonyl (C=O) groups is 2. The van der Waals surface area contributed by atoms with Crippen molar-refractivity contribution in [3.63, 3.8) is 0 Å². The van der Waals surface area contributed by atoms with Crippen molar-refractivity contribution in [1.82, 2.24) is 10.2 Å². The molecule has 4 N–H and O–H groups in total. The predicted molar refractivity (Wildman–Crippen MR) is 105 cm³/mol. The summed E-state index contributed by atoms with van der Waals surface area (Å²) in [6.07, 6.45) is 1.27. The minimum atomic E-state index is -0.783. The van der Waals surface area contributed by atoms with Crippen LogP contribution < -0.4 is 10.1 Å². The van der Waals surface area contributed by atoms with Gasteiger partial charge in [0.15, 0.2) is 0 Å². The van der Waals surface area contributed by atoms with E-state index in [1.165, 1.54) is 0 Å². The molecule has 0 aliphatic carbocycles. The number of amides is 1. The van der Waals surface area contributed by atoms with Gasteiger partial charge in [0, 0.05) is 25.3 Å². The molecule has 0 aromatic heterocycles. The number of aliphatic hydroxyl groups excluding tert-OH is 2. The van der Waals surface area contributed by atoms with Gasteiger partial charge in [-0.05, 0) is 50.1 Å². The number of hydrogen-bond donors (Lipinski definition) is 4. The maximum Gasteiger partial charge on any atom is 0.290 e. The van der Waals surface area contributed by atoms with E-state index in [-0.39, 0.29) is 31.1 Å². The maximum atomic E-state index is 12.6. The minimum absolute atomic E-state index is 0.0571. The molecule has 0 unspecified atom stereocenters. The van der Waals surface area contributed by atoms with Crippen LogP contribution in [0.3, 0.4) is 0 Å². The zero-order valence-corrected chi connectivity index (χ0v) is 16.6. The summed E-state index contributed by atoms with van der Waals surface area (Å²) >= 11 is 0. The first-order valence-corrected chi connectivity index (χ1v) is 9.73. The standard InChI is InChI=1S/C19H28N2O5.CH2O2/c1-21(7-8-22)12-17-18(23)15(6-10-26-17)20-19(24)14-4-5-16-13(11-14)3-2-9-25-16;2-1-3/h4-5,11,15,17-18,22-23H,2-3,6-10,12H2,1H3,(H,20,24);1H,(H,2,3)/t15-,17+,18-;/m0./s1. The molecule has 1 fully saturated rings. The Labute approximate surface area is 170 Å². The van der Waals surface area contributed by atoms with Gasteiger partial charge in [-0.3, -0.25) is 9.59 Å². The van der Waals surface area contributed by atoms with Crippen LogP contribution in [-0.2, 0) is 16.0 Å². The Morgan fingerprint density at radius 3 is 2.86 bits per heavy atom. The third-order valence-corrected chi connectivity index (χ3v) is 5.01. The Morgan fingerprint density at radius 2 is 2.14 bits per heavy atom. The molecule has 29 heavy (non-hydrogen) atoms. The third-order valence-electron chi connectivity index (χ3n) is 5.01. The molecule has 1 aromatic carbocycles. The summed E-state index contributed by atoms with van der Waals surface area (Å²) in [5, 5.41) is 29.4. The van der Waals surface area contributed by atoms with E-state index in [0.717, 1.165) is 30.8 Å². The molecular formula is C20H30N2O7. The maximum absolute atomic E-state index is 12.6. The highest BCUT2D eigenvalue weighted by molar-refractivity contribution is 5.94. The summed E-state index contributed by atoms with van der Waals surface area (Å²) in [5.41, 5.74) is 1.64. The highest BCUT2D eigenvalue weighted by atomic mass is 16.5. The van der Waals surface area contributed by atoms with E-state index >= 15 is 0 Å². The Kier molecular flexibility index (Phi) is 9.33. The lowest BCUT2D eigenvalue weighted by Gasteiger charge is -2.37. The fourth-order valence-corrected chi connectivity index (χ4v) is 3.52. The summed E-state index contributed by atoms with van der Waals surface area (Å²) in [6.45, 7) is 2.03.